The standard InChI is InChI=1S/C19H25N3O3/c1-24-12-4-11-21-10-3-5-18(23)17-14-22(20-19(17)21)13-15-6-8-16(25-2)9-7-15/h6-9,14H,3-5,10-13H2,1-2H3. The maximum absolute atomic E-state index is 12.4. The molecule has 0 amide bonds. The van der Waals surface area contributed by atoms with Gasteiger partial charge in [0.25, 0.3) is 0 Å². The lowest BCUT2D eigenvalue weighted by Gasteiger charge is -2.21. The van der Waals surface area contributed by atoms with Crippen molar-refractivity contribution < 1.29 is 14.3 Å². The van der Waals surface area contributed by atoms with Crippen molar-refractivity contribution in [2.75, 3.05) is 38.8 Å². The largest absolute Gasteiger partial charge is 0.497 e. The van der Waals surface area contributed by atoms with E-state index < -0.39 is 0 Å². The van der Waals surface area contributed by atoms with Crippen LogP contribution in [0.3, 0.4) is 0 Å². The van der Waals surface area contributed by atoms with Crippen molar-refractivity contribution >= 4 is 11.6 Å². The van der Waals surface area contributed by atoms with Gasteiger partial charge in [0.2, 0.25) is 0 Å². The number of carbonyl (C=O) groups excluding carboxylic acids is 1. The van der Waals surface area contributed by atoms with Crippen LogP contribution in [0.5, 0.6) is 5.75 Å². The molecule has 0 saturated carbocycles. The number of benzene rings is 1. The van der Waals surface area contributed by atoms with Gasteiger partial charge in [0.15, 0.2) is 11.6 Å². The van der Waals surface area contributed by atoms with Crippen LogP contribution in [-0.4, -0.2) is 49.5 Å². The van der Waals surface area contributed by atoms with Crippen LogP contribution in [0.15, 0.2) is 30.5 Å². The first-order valence-electron chi connectivity index (χ1n) is 8.68. The number of carbonyl (C=O) groups is 1. The predicted octanol–water partition coefficient (Wildman–Crippen LogP) is 2.76. The van der Waals surface area contributed by atoms with Gasteiger partial charge in [-0.25, -0.2) is 0 Å². The number of ketones is 1. The molecule has 0 aliphatic carbocycles. The monoisotopic (exact) mass is 343 g/mol. The molecule has 1 aromatic carbocycles. The number of fused-ring (bicyclic) bond motifs is 1. The Morgan fingerprint density at radius 2 is 2.00 bits per heavy atom. The number of nitrogens with zero attached hydrogens (tertiary/aromatic N) is 3. The molecule has 0 radical (unpaired) electrons. The summed E-state index contributed by atoms with van der Waals surface area (Å²) in [4.78, 5) is 14.6. The van der Waals surface area contributed by atoms with Gasteiger partial charge in [-0.05, 0) is 30.5 Å². The summed E-state index contributed by atoms with van der Waals surface area (Å²) in [6, 6.07) is 7.91. The van der Waals surface area contributed by atoms with E-state index in [-0.39, 0.29) is 5.78 Å². The average molecular weight is 343 g/mol. The van der Waals surface area contributed by atoms with Crippen molar-refractivity contribution in [3.63, 3.8) is 0 Å². The molecule has 3 rings (SSSR count). The first kappa shape index (κ1) is 17.5. The summed E-state index contributed by atoms with van der Waals surface area (Å²) < 4.78 is 12.2. The fourth-order valence-electron chi connectivity index (χ4n) is 3.13. The third-order valence-electron chi connectivity index (χ3n) is 4.45. The van der Waals surface area contributed by atoms with E-state index in [1.807, 2.05) is 35.1 Å². The van der Waals surface area contributed by atoms with Gasteiger partial charge in [-0.15, -0.1) is 0 Å². The van der Waals surface area contributed by atoms with Crippen LogP contribution in [0.25, 0.3) is 0 Å². The number of hydrogen-bond donors (Lipinski definition) is 0. The molecular formula is C19H25N3O3. The Labute approximate surface area is 148 Å². The number of rotatable bonds is 7. The minimum Gasteiger partial charge on any atom is -0.497 e. The molecule has 0 fully saturated rings. The van der Waals surface area contributed by atoms with Gasteiger partial charge in [-0.2, -0.15) is 5.10 Å². The number of anilines is 1. The van der Waals surface area contributed by atoms with Crippen molar-refractivity contribution in [1.82, 2.24) is 9.78 Å². The summed E-state index contributed by atoms with van der Waals surface area (Å²) in [5.74, 6) is 1.83. The zero-order valence-electron chi connectivity index (χ0n) is 14.9. The number of ether oxygens (including phenoxy) is 2. The van der Waals surface area contributed by atoms with Crippen LogP contribution in [0.2, 0.25) is 0 Å². The molecular weight excluding hydrogens is 318 g/mol. The molecule has 0 spiro atoms. The molecule has 25 heavy (non-hydrogen) atoms. The molecule has 0 saturated heterocycles. The summed E-state index contributed by atoms with van der Waals surface area (Å²) in [6.45, 7) is 3.07. The molecule has 0 bridgehead atoms. The molecule has 2 aromatic rings. The van der Waals surface area contributed by atoms with Crippen LogP contribution in [0.4, 0.5) is 5.82 Å². The minimum atomic E-state index is 0.185. The second-order valence-corrected chi connectivity index (χ2v) is 6.27. The van der Waals surface area contributed by atoms with Gasteiger partial charge >= 0.3 is 0 Å². The Hall–Kier alpha value is -2.34. The fraction of sp³-hybridized carbons (Fsp3) is 0.474. The molecule has 134 valence electrons. The Kier molecular flexibility index (Phi) is 5.71. The van der Waals surface area contributed by atoms with Crippen LogP contribution >= 0.6 is 0 Å². The molecule has 0 unspecified atom stereocenters. The second-order valence-electron chi connectivity index (χ2n) is 6.27. The van der Waals surface area contributed by atoms with Gasteiger partial charge in [0.1, 0.15) is 5.75 Å². The average Bonchev–Trinajstić information content (AvgIpc) is 2.99. The van der Waals surface area contributed by atoms with E-state index in [4.69, 9.17) is 14.6 Å². The van der Waals surface area contributed by atoms with Crippen molar-refractivity contribution in [2.24, 2.45) is 0 Å². The van der Waals surface area contributed by atoms with Gasteiger partial charge in [0, 0.05) is 39.4 Å². The van der Waals surface area contributed by atoms with Crippen molar-refractivity contribution in [3.8, 4) is 5.75 Å². The number of methoxy groups -OCH3 is 2. The van der Waals surface area contributed by atoms with Gasteiger partial charge in [0.05, 0.1) is 19.2 Å². The molecule has 1 aromatic heterocycles. The molecule has 2 heterocycles. The number of aromatic nitrogens is 2. The quantitative estimate of drug-likeness (QED) is 0.724. The Bertz CT molecular complexity index is 709. The smallest absolute Gasteiger partial charge is 0.168 e. The first-order chi connectivity index (χ1) is 12.2. The summed E-state index contributed by atoms with van der Waals surface area (Å²) in [7, 11) is 3.37. The van der Waals surface area contributed by atoms with Crippen LogP contribution < -0.4 is 9.64 Å². The van der Waals surface area contributed by atoms with Gasteiger partial charge in [-0.3, -0.25) is 9.48 Å². The summed E-state index contributed by atoms with van der Waals surface area (Å²) in [5, 5.41) is 4.71. The third kappa shape index (κ3) is 4.20. The van der Waals surface area contributed by atoms with E-state index in [0.717, 1.165) is 48.6 Å². The van der Waals surface area contributed by atoms with Crippen LogP contribution in [0, 0.1) is 0 Å². The zero-order valence-corrected chi connectivity index (χ0v) is 14.9. The normalized spacial score (nSPS) is 14.3. The van der Waals surface area contributed by atoms with E-state index in [9.17, 15) is 4.79 Å². The van der Waals surface area contributed by atoms with Crippen LogP contribution in [0.1, 0.15) is 35.2 Å². The maximum Gasteiger partial charge on any atom is 0.168 e. The zero-order chi connectivity index (χ0) is 17.6. The van der Waals surface area contributed by atoms with Gasteiger partial charge in [-0.1, -0.05) is 12.1 Å². The van der Waals surface area contributed by atoms with Crippen molar-refractivity contribution in [1.29, 1.82) is 0 Å². The first-order valence-corrected chi connectivity index (χ1v) is 8.68. The van der Waals surface area contributed by atoms with Crippen molar-refractivity contribution in [2.45, 2.75) is 25.8 Å². The molecule has 1 aliphatic rings. The highest BCUT2D eigenvalue weighted by Gasteiger charge is 2.24. The van der Waals surface area contributed by atoms with Crippen molar-refractivity contribution in [3.05, 3.63) is 41.6 Å². The highest BCUT2D eigenvalue weighted by Crippen LogP contribution is 2.25. The lowest BCUT2D eigenvalue weighted by molar-refractivity contribution is 0.0983. The molecule has 0 atom stereocenters. The van der Waals surface area contributed by atoms with E-state index >= 15 is 0 Å². The molecule has 1 aliphatic heterocycles. The van der Waals surface area contributed by atoms with E-state index in [2.05, 4.69) is 4.90 Å². The lowest BCUT2D eigenvalue weighted by Crippen LogP contribution is -2.26. The Morgan fingerprint density at radius 1 is 1.20 bits per heavy atom. The molecule has 6 heteroatoms. The van der Waals surface area contributed by atoms with E-state index in [1.54, 1.807) is 14.2 Å². The number of Topliss-reactive ketones (excluding diaryl/α,β-unsaturated/α-hetero) is 1. The predicted molar refractivity (Wildman–Crippen MR) is 96.6 cm³/mol. The third-order valence-corrected chi connectivity index (χ3v) is 4.45. The van der Waals surface area contributed by atoms with E-state index in [0.29, 0.717) is 19.6 Å². The molecule has 6 nitrogen and oxygen atoms in total. The highest BCUT2D eigenvalue weighted by atomic mass is 16.5. The second kappa shape index (κ2) is 8.16. The number of hydrogen-bond acceptors (Lipinski definition) is 5. The highest BCUT2D eigenvalue weighted by molar-refractivity contribution is 6.01. The summed E-state index contributed by atoms with van der Waals surface area (Å²) in [5.41, 5.74) is 1.86. The minimum absolute atomic E-state index is 0.185. The SMILES string of the molecule is COCCCN1CCCC(=O)c2cn(Cc3ccc(OC)cc3)nc21. The lowest BCUT2D eigenvalue weighted by atomic mass is 10.1. The van der Waals surface area contributed by atoms with E-state index in [1.165, 1.54) is 0 Å². The Balaban J connectivity index is 1.79. The summed E-state index contributed by atoms with van der Waals surface area (Å²) >= 11 is 0. The van der Waals surface area contributed by atoms with Crippen LogP contribution in [-0.2, 0) is 11.3 Å². The Morgan fingerprint density at radius 3 is 2.72 bits per heavy atom. The maximum atomic E-state index is 12.4. The van der Waals surface area contributed by atoms with Gasteiger partial charge < -0.3 is 14.4 Å². The fourth-order valence-corrected chi connectivity index (χ4v) is 3.13. The summed E-state index contributed by atoms with van der Waals surface area (Å²) in [6.07, 6.45) is 4.27. The topological polar surface area (TPSA) is 56.6 Å². The molecule has 0 N–H and O–H groups in total.